The lowest BCUT2D eigenvalue weighted by Gasteiger charge is -2.07. The Morgan fingerprint density at radius 2 is 2.08 bits per heavy atom. The summed E-state index contributed by atoms with van der Waals surface area (Å²) in [5.41, 5.74) is 1.19. The molecule has 0 aliphatic rings. The van der Waals surface area contributed by atoms with Gasteiger partial charge in [-0.3, -0.25) is 4.55 Å². The fourth-order valence-electron chi connectivity index (χ4n) is 2.23. The van der Waals surface area contributed by atoms with Crippen LogP contribution in [0.4, 0.5) is 8.78 Å². The molecule has 0 saturated carbocycles. The maximum atomic E-state index is 14.3. The third kappa shape index (κ3) is 3.11. The summed E-state index contributed by atoms with van der Waals surface area (Å²) in [7, 11) is 1.33. The molecule has 7 nitrogen and oxygen atoms in total. The van der Waals surface area contributed by atoms with Crippen LogP contribution in [0.5, 0.6) is 5.75 Å². The van der Waals surface area contributed by atoms with E-state index in [1.54, 1.807) is 6.07 Å². The molecule has 2 aromatic carbocycles. The quantitative estimate of drug-likeness (QED) is 0.684. The summed E-state index contributed by atoms with van der Waals surface area (Å²) in [6, 6.07) is 6.73. The molecule has 0 aliphatic carbocycles. The fourth-order valence-corrected chi connectivity index (χ4v) is 2.52. The number of halogens is 2. The Morgan fingerprint density at radius 1 is 1.29 bits per heavy atom. The first kappa shape index (κ1) is 16.4. The maximum Gasteiger partial charge on any atom is 0.232 e. The van der Waals surface area contributed by atoms with Crippen molar-refractivity contribution in [2.45, 2.75) is 6.54 Å². The van der Waals surface area contributed by atoms with Crippen molar-refractivity contribution < 1.29 is 22.3 Å². The average Bonchev–Trinajstić information content (AvgIpc) is 2.94. The molecule has 3 aromatic rings. The van der Waals surface area contributed by atoms with Gasteiger partial charge in [-0.25, -0.2) is 22.4 Å². The van der Waals surface area contributed by atoms with Crippen molar-refractivity contribution in [1.29, 1.82) is 0 Å². The van der Waals surface area contributed by atoms with E-state index in [1.165, 1.54) is 30.0 Å². The predicted octanol–water partition coefficient (Wildman–Crippen LogP) is 1.93. The van der Waals surface area contributed by atoms with Gasteiger partial charge in [0.15, 0.2) is 11.6 Å². The van der Waals surface area contributed by atoms with E-state index < -0.39 is 22.9 Å². The van der Waals surface area contributed by atoms with Crippen LogP contribution >= 0.6 is 0 Å². The molecule has 10 heteroatoms. The number of ether oxygens (including phenoxy) is 1. The topological polar surface area (TPSA) is 89.3 Å². The molecule has 1 aromatic heterocycles. The number of aromatic nitrogens is 3. The summed E-state index contributed by atoms with van der Waals surface area (Å²) in [4.78, 5) is 0. The van der Waals surface area contributed by atoms with Crippen molar-refractivity contribution in [3.8, 4) is 11.4 Å². The van der Waals surface area contributed by atoms with Crippen molar-refractivity contribution in [2.75, 3.05) is 7.11 Å². The zero-order valence-electron chi connectivity index (χ0n) is 12.4. The second-order valence-corrected chi connectivity index (χ2v) is 5.62. The van der Waals surface area contributed by atoms with Crippen molar-refractivity contribution in [2.24, 2.45) is 0 Å². The van der Waals surface area contributed by atoms with Crippen molar-refractivity contribution in [3.63, 3.8) is 0 Å². The zero-order valence-corrected chi connectivity index (χ0v) is 13.2. The van der Waals surface area contributed by atoms with Crippen LogP contribution in [0.25, 0.3) is 16.7 Å². The second kappa shape index (κ2) is 6.59. The van der Waals surface area contributed by atoms with Gasteiger partial charge >= 0.3 is 0 Å². The third-order valence-corrected chi connectivity index (χ3v) is 3.75. The molecular weight excluding hydrogens is 342 g/mol. The first-order chi connectivity index (χ1) is 11.5. The minimum absolute atomic E-state index is 0.0181. The summed E-state index contributed by atoms with van der Waals surface area (Å²) in [5, 5.41) is 7.73. The summed E-state index contributed by atoms with van der Waals surface area (Å²) >= 11 is -2.19. The third-order valence-electron chi connectivity index (χ3n) is 3.36. The molecular formula is C14H12F2N4O3S. The monoisotopic (exact) mass is 354 g/mol. The van der Waals surface area contributed by atoms with E-state index in [0.717, 1.165) is 6.07 Å². The number of hydrogen-bond acceptors (Lipinski definition) is 4. The summed E-state index contributed by atoms with van der Waals surface area (Å²) in [5.74, 6) is -1.21. The number of fused-ring (bicyclic) bond motifs is 1. The van der Waals surface area contributed by atoms with E-state index >= 15 is 0 Å². The van der Waals surface area contributed by atoms with Gasteiger partial charge in [0.25, 0.3) is 0 Å². The van der Waals surface area contributed by atoms with Gasteiger partial charge in [0, 0.05) is 18.7 Å². The molecule has 0 radical (unpaired) electrons. The molecule has 0 amide bonds. The maximum absolute atomic E-state index is 14.3. The van der Waals surface area contributed by atoms with Crippen molar-refractivity contribution in [3.05, 3.63) is 47.5 Å². The molecule has 1 heterocycles. The van der Waals surface area contributed by atoms with E-state index in [0.29, 0.717) is 11.1 Å². The highest BCUT2D eigenvalue weighted by molar-refractivity contribution is 7.77. The fraction of sp³-hybridized carbons (Fsp3) is 0.143. The largest absolute Gasteiger partial charge is 0.494 e. The number of benzene rings is 2. The van der Waals surface area contributed by atoms with Gasteiger partial charge in [0.2, 0.25) is 11.3 Å². The van der Waals surface area contributed by atoms with Crippen LogP contribution < -0.4 is 9.46 Å². The number of methoxy groups -OCH3 is 1. The molecule has 2 N–H and O–H groups in total. The lowest BCUT2D eigenvalue weighted by atomic mass is 10.2. The molecule has 0 bridgehead atoms. The highest BCUT2D eigenvalue weighted by Gasteiger charge is 2.15. The molecule has 0 saturated heterocycles. The van der Waals surface area contributed by atoms with Gasteiger partial charge < -0.3 is 4.74 Å². The summed E-state index contributed by atoms with van der Waals surface area (Å²) in [6.45, 7) is 0.0181. The predicted molar refractivity (Wildman–Crippen MR) is 82.9 cm³/mol. The minimum atomic E-state index is -2.19. The Bertz CT molecular complexity index is 932. The molecule has 1 atom stereocenters. The smallest absolute Gasteiger partial charge is 0.232 e. The Morgan fingerprint density at radius 3 is 2.75 bits per heavy atom. The van der Waals surface area contributed by atoms with Crippen LogP contribution in [0, 0.1) is 11.6 Å². The van der Waals surface area contributed by atoms with Crippen molar-refractivity contribution in [1.82, 2.24) is 19.7 Å². The SMILES string of the molecule is COc1cc2nnn(-c3ccc(CNS(=O)O)cc3F)c2cc1F. The van der Waals surface area contributed by atoms with Gasteiger partial charge in [-0.1, -0.05) is 11.3 Å². The molecule has 1 unspecified atom stereocenters. The van der Waals surface area contributed by atoms with E-state index in [1.807, 2.05) is 0 Å². The Kier molecular flexibility index (Phi) is 4.51. The molecule has 3 rings (SSSR count). The molecule has 126 valence electrons. The van der Waals surface area contributed by atoms with E-state index in [4.69, 9.17) is 9.29 Å². The zero-order chi connectivity index (χ0) is 17.3. The molecule has 0 fully saturated rings. The van der Waals surface area contributed by atoms with Crippen molar-refractivity contribution >= 4 is 22.3 Å². The second-order valence-electron chi connectivity index (χ2n) is 4.83. The van der Waals surface area contributed by atoms with Gasteiger partial charge in [0.05, 0.1) is 12.6 Å². The number of rotatable bonds is 5. The Hall–Kier alpha value is -2.43. The van der Waals surface area contributed by atoms with Crippen LogP contribution in [-0.2, 0) is 17.8 Å². The lowest BCUT2D eigenvalue weighted by molar-refractivity contribution is 0.387. The molecule has 24 heavy (non-hydrogen) atoms. The van der Waals surface area contributed by atoms with Crippen LogP contribution in [-0.4, -0.2) is 30.9 Å². The van der Waals surface area contributed by atoms with E-state index in [9.17, 15) is 13.0 Å². The standard InChI is InChI=1S/C14H12F2N4O3S/c1-23-14-6-11-13(5-10(14)16)20(19-18-11)12-3-2-8(4-9(12)15)7-17-24(21)22/h2-6,17H,7H2,1H3,(H,21,22). The Labute approximate surface area is 137 Å². The van der Waals surface area contributed by atoms with Gasteiger partial charge in [-0.05, 0) is 17.7 Å². The van der Waals surface area contributed by atoms with E-state index in [-0.39, 0.29) is 23.5 Å². The lowest BCUT2D eigenvalue weighted by Crippen LogP contribution is -2.15. The van der Waals surface area contributed by atoms with Crippen LogP contribution in [0.2, 0.25) is 0 Å². The highest BCUT2D eigenvalue weighted by atomic mass is 32.2. The first-order valence-electron chi connectivity index (χ1n) is 6.71. The molecule has 0 spiro atoms. The minimum Gasteiger partial charge on any atom is -0.494 e. The van der Waals surface area contributed by atoms with Crippen LogP contribution in [0.1, 0.15) is 5.56 Å². The summed E-state index contributed by atoms with van der Waals surface area (Å²) in [6.07, 6.45) is 0. The normalized spacial score (nSPS) is 12.5. The van der Waals surface area contributed by atoms with E-state index in [2.05, 4.69) is 15.0 Å². The van der Waals surface area contributed by atoms with Crippen LogP contribution in [0.15, 0.2) is 30.3 Å². The van der Waals surface area contributed by atoms with Gasteiger partial charge in [0.1, 0.15) is 17.0 Å². The number of nitrogens with zero attached hydrogens (tertiary/aromatic N) is 3. The molecule has 0 aliphatic heterocycles. The van der Waals surface area contributed by atoms with Crippen LogP contribution in [0.3, 0.4) is 0 Å². The first-order valence-corrected chi connectivity index (χ1v) is 7.82. The number of nitrogens with one attached hydrogen (secondary N) is 1. The van der Waals surface area contributed by atoms with Gasteiger partial charge in [-0.15, -0.1) is 5.10 Å². The Balaban J connectivity index is 2.01. The number of hydrogen-bond donors (Lipinski definition) is 2. The summed E-state index contributed by atoms with van der Waals surface area (Å²) < 4.78 is 55.8. The highest BCUT2D eigenvalue weighted by Crippen LogP contribution is 2.25. The van der Waals surface area contributed by atoms with Gasteiger partial charge in [-0.2, -0.15) is 0 Å². The average molecular weight is 354 g/mol.